The SMILES string of the molecule is CCNC(c1cnc(C(F)(F)F)s1)C1CCCCS1(=O)=O. The van der Waals surface area contributed by atoms with E-state index in [1.54, 1.807) is 6.92 Å². The van der Waals surface area contributed by atoms with Crippen molar-refractivity contribution in [2.24, 2.45) is 0 Å². The highest BCUT2D eigenvalue weighted by Gasteiger charge is 2.39. The summed E-state index contributed by atoms with van der Waals surface area (Å²) >= 11 is 0.519. The predicted octanol–water partition coefficient (Wildman–Crippen LogP) is 2.78. The second-order valence-corrected chi connectivity index (χ2v) is 8.40. The van der Waals surface area contributed by atoms with Crippen LogP contribution in [0.25, 0.3) is 0 Å². The van der Waals surface area contributed by atoms with Crippen molar-refractivity contribution < 1.29 is 21.6 Å². The smallest absolute Gasteiger partial charge is 0.308 e. The largest absolute Gasteiger partial charge is 0.443 e. The average Bonchev–Trinajstić information content (AvgIpc) is 2.85. The lowest BCUT2D eigenvalue weighted by atomic mass is 10.1. The molecule has 2 atom stereocenters. The van der Waals surface area contributed by atoms with Crippen LogP contribution in [0.2, 0.25) is 0 Å². The Labute approximate surface area is 125 Å². The van der Waals surface area contributed by atoms with Gasteiger partial charge in [0.15, 0.2) is 14.8 Å². The molecule has 1 saturated heterocycles. The third-order valence-electron chi connectivity index (χ3n) is 3.50. The first-order valence-corrected chi connectivity index (χ1v) is 9.26. The summed E-state index contributed by atoms with van der Waals surface area (Å²) in [6, 6.07) is -0.617. The summed E-state index contributed by atoms with van der Waals surface area (Å²) in [7, 11) is -3.28. The van der Waals surface area contributed by atoms with Crippen LogP contribution >= 0.6 is 11.3 Å². The van der Waals surface area contributed by atoms with Crippen LogP contribution in [0.4, 0.5) is 13.2 Å². The van der Waals surface area contributed by atoms with Gasteiger partial charge in [0.05, 0.1) is 17.0 Å². The van der Waals surface area contributed by atoms with Gasteiger partial charge in [-0.2, -0.15) is 13.2 Å². The normalized spacial score (nSPS) is 23.9. The molecule has 21 heavy (non-hydrogen) atoms. The molecule has 2 rings (SSSR count). The first kappa shape index (κ1) is 16.7. The van der Waals surface area contributed by atoms with E-state index in [9.17, 15) is 21.6 Å². The van der Waals surface area contributed by atoms with Gasteiger partial charge in [0, 0.05) is 11.1 Å². The lowest BCUT2D eigenvalue weighted by Gasteiger charge is -2.29. The van der Waals surface area contributed by atoms with Gasteiger partial charge in [-0.25, -0.2) is 13.4 Å². The van der Waals surface area contributed by atoms with E-state index >= 15 is 0 Å². The number of nitrogens with zero attached hydrogens (tertiary/aromatic N) is 1. The van der Waals surface area contributed by atoms with Crippen molar-refractivity contribution in [2.75, 3.05) is 12.3 Å². The minimum Gasteiger partial charge on any atom is -0.308 e. The van der Waals surface area contributed by atoms with Gasteiger partial charge in [-0.3, -0.25) is 0 Å². The van der Waals surface area contributed by atoms with Crippen LogP contribution in [0, 0.1) is 0 Å². The number of hydrogen-bond donors (Lipinski definition) is 1. The highest BCUT2D eigenvalue weighted by atomic mass is 32.2. The third kappa shape index (κ3) is 3.75. The molecule has 4 nitrogen and oxygen atoms in total. The molecule has 0 aliphatic carbocycles. The molecule has 1 aliphatic rings. The molecular weight excluding hydrogens is 325 g/mol. The number of sulfone groups is 1. The van der Waals surface area contributed by atoms with Crippen molar-refractivity contribution in [1.82, 2.24) is 10.3 Å². The summed E-state index contributed by atoms with van der Waals surface area (Å²) in [5.41, 5.74) is 0. The Hall–Kier alpha value is -0.670. The van der Waals surface area contributed by atoms with Crippen molar-refractivity contribution >= 4 is 21.2 Å². The maximum absolute atomic E-state index is 12.7. The zero-order valence-electron chi connectivity index (χ0n) is 11.5. The molecule has 1 N–H and O–H groups in total. The summed E-state index contributed by atoms with van der Waals surface area (Å²) in [5, 5.41) is 1.40. The molecule has 2 unspecified atom stereocenters. The summed E-state index contributed by atoms with van der Waals surface area (Å²) in [6.07, 6.45) is -1.49. The predicted molar refractivity (Wildman–Crippen MR) is 75.0 cm³/mol. The number of halogens is 3. The monoisotopic (exact) mass is 342 g/mol. The standard InChI is InChI=1S/C12H17F3N2O2S2/c1-2-16-10(9-5-3-4-6-21(9,18)19)8-7-17-11(20-8)12(13,14)15/h7,9-10,16H,2-6H2,1H3. The topological polar surface area (TPSA) is 59.1 Å². The van der Waals surface area contributed by atoms with Gasteiger partial charge in [0.25, 0.3) is 0 Å². The van der Waals surface area contributed by atoms with E-state index in [2.05, 4.69) is 10.3 Å². The Balaban J connectivity index is 2.32. The van der Waals surface area contributed by atoms with Crippen LogP contribution < -0.4 is 5.32 Å². The van der Waals surface area contributed by atoms with Crippen molar-refractivity contribution in [1.29, 1.82) is 0 Å². The number of hydrogen-bond acceptors (Lipinski definition) is 5. The van der Waals surface area contributed by atoms with Crippen molar-refractivity contribution in [3.63, 3.8) is 0 Å². The molecule has 2 heterocycles. The fraction of sp³-hybridized carbons (Fsp3) is 0.750. The van der Waals surface area contributed by atoms with E-state index in [0.29, 0.717) is 35.6 Å². The summed E-state index contributed by atoms with van der Waals surface area (Å²) in [4.78, 5) is 3.72. The Bertz CT molecular complexity index is 584. The minimum absolute atomic E-state index is 0.102. The van der Waals surface area contributed by atoms with Crippen molar-refractivity contribution in [3.8, 4) is 0 Å². The Morgan fingerprint density at radius 2 is 2.19 bits per heavy atom. The fourth-order valence-electron chi connectivity index (χ4n) is 2.55. The van der Waals surface area contributed by atoms with Crippen LogP contribution in [0.3, 0.4) is 0 Å². The van der Waals surface area contributed by atoms with E-state index in [1.807, 2.05) is 0 Å². The maximum Gasteiger partial charge on any atom is 0.443 e. The summed E-state index contributed by atoms with van der Waals surface area (Å²) in [5.74, 6) is 0.102. The number of nitrogens with one attached hydrogen (secondary N) is 1. The van der Waals surface area contributed by atoms with Crippen LogP contribution in [0.15, 0.2) is 6.20 Å². The van der Waals surface area contributed by atoms with Gasteiger partial charge < -0.3 is 5.32 Å². The highest BCUT2D eigenvalue weighted by Crippen LogP contribution is 2.38. The Morgan fingerprint density at radius 3 is 2.71 bits per heavy atom. The first-order valence-electron chi connectivity index (χ1n) is 6.73. The van der Waals surface area contributed by atoms with E-state index in [0.717, 1.165) is 12.6 Å². The number of aromatic nitrogens is 1. The number of alkyl halides is 3. The van der Waals surface area contributed by atoms with Gasteiger partial charge in [-0.1, -0.05) is 13.3 Å². The van der Waals surface area contributed by atoms with Crippen LogP contribution in [-0.2, 0) is 16.0 Å². The summed E-state index contributed by atoms with van der Waals surface area (Å²) < 4.78 is 62.4. The van der Waals surface area contributed by atoms with Gasteiger partial charge >= 0.3 is 6.18 Å². The van der Waals surface area contributed by atoms with E-state index < -0.39 is 32.3 Å². The molecule has 1 aromatic heterocycles. The molecule has 0 radical (unpaired) electrons. The second kappa shape index (κ2) is 6.21. The molecule has 0 bridgehead atoms. The quantitative estimate of drug-likeness (QED) is 0.914. The fourth-order valence-corrected chi connectivity index (χ4v) is 5.65. The van der Waals surface area contributed by atoms with Crippen LogP contribution in [0.5, 0.6) is 0 Å². The molecule has 1 aliphatic heterocycles. The van der Waals surface area contributed by atoms with Gasteiger partial charge in [-0.15, -0.1) is 11.3 Å². The van der Waals surface area contributed by atoms with Crippen LogP contribution in [-0.4, -0.2) is 30.9 Å². The lowest BCUT2D eigenvalue weighted by Crippen LogP contribution is -2.40. The second-order valence-electron chi connectivity index (χ2n) is 5.00. The molecule has 9 heteroatoms. The molecule has 1 aromatic rings. The lowest BCUT2D eigenvalue weighted by molar-refractivity contribution is -0.137. The highest BCUT2D eigenvalue weighted by molar-refractivity contribution is 7.92. The van der Waals surface area contributed by atoms with Gasteiger partial charge in [0.2, 0.25) is 0 Å². The molecule has 0 aromatic carbocycles. The summed E-state index contributed by atoms with van der Waals surface area (Å²) in [6.45, 7) is 2.28. The minimum atomic E-state index is -4.49. The molecule has 1 fully saturated rings. The third-order valence-corrected chi connectivity index (χ3v) is 6.91. The Morgan fingerprint density at radius 1 is 1.48 bits per heavy atom. The zero-order valence-corrected chi connectivity index (χ0v) is 13.1. The maximum atomic E-state index is 12.7. The van der Waals surface area contributed by atoms with E-state index in [1.165, 1.54) is 0 Å². The zero-order chi connectivity index (χ0) is 15.7. The average molecular weight is 342 g/mol. The molecule has 0 saturated carbocycles. The van der Waals surface area contributed by atoms with Crippen molar-refractivity contribution in [3.05, 3.63) is 16.1 Å². The number of rotatable bonds is 4. The van der Waals surface area contributed by atoms with Crippen LogP contribution in [0.1, 0.15) is 42.1 Å². The van der Waals surface area contributed by atoms with E-state index in [4.69, 9.17) is 0 Å². The molecular formula is C12H17F3N2O2S2. The van der Waals surface area contributed by atoms with E-state index in [-0.39, 0.29) is 5.75 Å². The number of thiazole rings is 1. The van der Waals surface area contributed by atoms with Gasteiger partial charge in [-0.05, 0) is 19.4 Å². The molecule has 0 spiro atoms. The first-order chi connectivity index (χ1) is 9.75. The van der Waals surface area contributed by atoms with Crippen molar-refractivity contribution in [2.45, 2.75) is 43.7 Å². The molecule has 120 valence electrons. The Kier molecular flexibility index (Phi) is 4.94. The molecule has 0 amide bonds. The van der Waals surface area contributed by atoms with Gasteiger partial charge in [0.1, 0.15) is 0 Å².